The van der Waals surface area contributed by atoms with Gasteiger partial charge in [-0.05, 0) is 6.07 Å². The standard InChI is InChI=1S/C7H6ClF2NO2/c8-2-4-3(6(9)10)1-5(12)7(13)11-4/h1,6,12H,2H2,(H,11,13). The van der Waals surface area contributed by atoms with Gasteiger partial charge in [-0.1, -0.05) is 0 Å². The number of nitrogens with one attached hydrogen (secondary N) is 1. The maximum Gasteiger partial charge on any atom is 0.290 e. The Morgan fingerprint density at radius 3 is 2.69 bits per heavy atom. The highest BCUT2D eigenvalue weighted by Crippen LogP contribution is 2.23. The van der Waals surface area contributed by atoms with Crippen molar-refractivity contribution in [2.75, 3.05) is 0 Å². The molecule has 1 rings (SSSR count). The van der Waals surface area contributed by atoms with Gasteiger partial charge in [0.2, 0.25) is 0 Å². The molecular formula is C7H6ClF2NO2. The number of halogens is 3. The van der Waals surface area contributed by atoms with Crippen LogP contribution in [0.1, 0.15) is 17.7 Å². The molecule has 0 atom stereocenters. The lowest BCUT2D eigenvalue weighted by Crippen LogP contribution is -2.10. The van der Waals surface area contributed by atoms with Crippen LogP contribution in [0.2, 0.25) is 0 Å². The van der Waals surface area contributed by atoms with Crippen LogP contribution >= 0.6 is 11.6 Å². The summed E-state index contributed by atoms with van der Waals surface area (Å²) in [6, 6.07) is 0.723. The van der Waals surface area contributed by atoms with Gasteiger partial charge in [0.25, 0.3) is 12.0 Å². The molecule has 72 valence electrons. The van der Waals surface area contributed by atoms with Crippen molar-refractivity contribution in [1.29, 1.82) is 0 Å². The second-order valence-corrected chi connectivity index (χ2v) is 2.62. The Morgan fingerprint density at radius 1 is 1.62 bits per heavy atom. The quantitative estimate of drug-likeness (QED) is 0.730. The SMILES string of the molecule is O=c1[nH]c(CCl)c(C(F)F)cc1O. The summed E-state index contributed by atoms with van der Waals surface area (Å²) >= 11 is 5.32. The van der Waals surface area contributed by atoms with Gasteiger partial charge >= 0.3 is 0 Å². The van der Waals surface area contributed by atoms with Gasteiger partial charge in [0, 0.05) is 11.3 Å². The maximum atomic E-state index is 12.2. The molecule has 0 spiro atoms. The van der Waals surface area contributed by atoms with Gasteiger partial charge in [0.15, 0.2) is 5.75 Å². The lowest BCUT2D eigenvalue weighted by Gasteiger charge is -2.05. The minimum Gasteiger partial charge on any atom is -0.503 e. The molecule has 0 aliphatic rings. The van der Waals surface area contributed by atoms with Crippen molar-refractivity contribution in [2.24, 2.45) is 0 Å². The van der Waals surface area contributed by atoms with Gasteiger partial charge in [0.05, 0.1) is 5.88 Å². The summed E-state index contributed by atoms with van der Waals surface area (Å²) in [6.45, 7) is 0. The number of pyridine rings is 1. The Balaban J connectivity index is 3.33. The molecule has 0 aromatic carbocycles. The van der Waals surface area contributed by atoms with E-state index >= 15 is 0 Å². The van der Waals surface area contributed by atoms with Crippen molar-refractivity contribution < 1.29 is 13.9 Å². The van der Waals surface area contributed by atoms with E-state index in [-0.39, 0.29) is 11.6 Å². The molecule has 0 aliphatic heterocycles. The third-order valence-electron chi connectivity index (χ3n) is 1.51. The summed E-state index contributed by atoms with van der Waals surface area (Å²) < 4.78 is 24.5. The molecule has 2 N–H and O–H groups in total. The van der Waals surface area contributed by atoms with E-state index in [4.69, 9.17) is 16.7 Å². The highest BCUT2D eigenvalue weighted by atomic mass is 35.5. The monoisotopic (exact) mass is 209 g/mol. The van der Waals surface area contributed by atoms with Crippen LogP contribution in [-0.2, 0) is 5.88 Å². The smallest absolute Gasteiger partial charge is 0.290 e. The lowest BCUT2D eigenvalue weighted by atomic mass is 10.2. The Hall–Kier alpha value is -1.10. The molecule has 0 saturated heterocycles. The summed E-state index contributed by atoms with van der Waals surface area (Å²) in [5.41, 5.74) is -1.34. The average molecular weight is 210 g/mol. The van der Waals surface area contributed by atoms with E-state index in [1.807, 2.05) is 0 Å². The molecule has 0 bridgehead atoms. The topological polar surface area (TPSA) is 53.1 Å². The molecule has 0 fully saturated rings. The fourth-order valence-electron chi connectivity index (χ4n) is 0.878. The average Bonchev–Trinajstić information content (AvgIpc) is 2.08. The van der Waals surface area contributed by atoms with E-state index in [1.165, 1.54) is 0 Å². The van der Waals surface area contributed by atoms with Crippen LogP contribution in [0.4, 0.5) is 8.78 Å². The number of H-pyrrole nitrogens is 1. The normalized spacial score (nSPS) is 10.8. The molecule has 1 aromatic heterocycles. The molecule has 13 heavy (non-hydrogen) atoms. The third kappa shape index (κ3) is 1.98. The zero-order valence-corrected chi connectivity index (χ0v) is 7.11. The Kier molecular flexibility index (Phi) is 2.87. The van der Waals surface area contributed by atoms with Gasteiger partial charge in [-0.15, -0.1) is 11.6 Å². The number of hydrogen-bond acceptors (Lipinski definition) is 2. The first-order chi connectivity index (χ1) is 6.06. The van der Waals surface area contributed by atoms with Gasteiger partial charge in [-0.2, -0.15) is 0 Å². The van der Waals surface area contributed by atoms with Crippen molar-refractivity contribution in [3.8, 4) is 5.75 Å². The van der Waals surface area contributed by atoms with Crippen molar-refractivity contribution >= 4 is 11.6 Å². The largest absolute Gasteiger partial charge is 0.503 e. The minimum atomic E-state index is -2.77. The second kappa shape index (κ2) is 3.74. The molecule has 0 radical (unpaired) electrons. The van der Waals surface area contributed by atoms with Gasteiger partial charge in [-0.3, -0.25) is 4.79 Å². The fourth-order valence-corrected chi connectivity index (χ4v) is 1.10. The molecule has 0 unspecified atom stereocenters. The summed E-state index contributed by atoms with van der Waals surface area (Å²) in [5, 5.41) is 8.85. The van der Waals surface area contributed by atoms with Gasteiger partial charge in [-0.25, -0.2) is 8.78 Å². The number of alkyl halides is 3. The predicted octanol–water partition coefficient (Wildman–Crippen LogP) is 1.76. The maximum absolute atomic E-state index is 12.2. The van der Waals surface area contributed by atoms with Crippen LogP contribution in [0, 0.1) is 0 Å². The summed E-state index contributed by atoms with van der Waals surface area (Å²) in [5.74, 6) is -0.959. The zero-order chi connectivity index (χ0) is 10.0. The Morgan fingerprint density at radius 2 is 2.23 bits per heavy atom. The van der Waals surface area contributed by atoms with E-state index in [2.05, 4.69) is 4.98 Å². The molecule has 0 aliphatic carbocycles. The summed E-state index contributed by atoms with van der Waals surface area (Å²) in [6.07, 6.45) is -2.77. The minimum absolute atomic E-state index is 0.0699. The molecule has 1 aromatic rings. The van der Waals surface area contributed by atoms with Crippen molar-refractivity contribution in [3.05, 3.63) is 27.7 Å². The first-order valence-electron chi connectivity index (χ1n) is 3.35. The third-order valence-corrected chi connectivity index (χ3v) is 1.77. The number of aromatic hydroxyl groups is 1. The molecule has 0 amide bonds. The van der Waals surface area contributed by atoms with Crippen molar-refractivity contribution in [3.63, 3.8) is 0 Å². The number of rotatable bonds is 2. The Bertz CT molecular complexity index is 364. The molecule has 0 saturated carbocycles. The van der Waals surface area contributed by atoms with E-state index in [0.717, 1.165) is 6.07 Å². The van der Waals surface area contributed by atoms with Crippen LogP contribution in [0.15, 0.2) is 10.9 Å². The van der Waals surface area contributed by atoms with Gasteiger partial charge < -0.3 is 10.1 Å². The first-order valence-corrected chi connectivity index (χ1v) is 3.89. The predicted molar refractivity (Wildman–Crippen MR) is 43.2 cm³/mol. The van der Waals surface area contributed by atoms with Crippen LogP contribution in [-0.4, -0.2) is 10.1 Å². The molecule has 3 nitrogen and oxygen atoms in total. The number of aromatic nitrogens is 1. The van der Waals surface area contributed by atoms with Crippen LogP contribution < -0.4 is 5.56 Å². The van der Waals surface area contributed by atoms with E-state index in [0.29, 0.717) is 0 Å². The zero-order valence-electron chi connectivity index (χ0n) is 6.35. The van der Waals surface area contributed by atoms with Gasteiger partial charge in [0.1, 0.15) is 0 Å². The van der Waals surface area contributed by atoms with Crippen LogP contribution in [0.5, 0.6) is 5.75 Å². The summed E-state index contributed by atoms with van der Waals surface area (Å²) in [7, 11) is 0. The van der Waals surface area contributed by atoms with Crippen molar-refractivity contribution in [1.82, 2.24) is 4.98 Å². The van der Waals surface area contributed by atoms with Crippen LogP contribution in [0.3, 0.4) is 0 Å². The fraction of sp³-hybridized carbons (Fsp3) is 0.286. The molecular weight excluding hydrogens is 204 g/mol. The van der Waals surface area contributed by atoms with E-state index in [9.17, 15) is 13.6 Å². The second-order valence-electron chi connectivity index (χ2n) is 2.35. The lowest BCUT2D eigenvalue weighted by molar-refractivity contribution is 0.149. The van der Waals surface area contributed by atoms with E-state index in [1.54, 1.807) is 0 Å². The Labute approximate surface area is 77.0 Å². The van der Waals surface area contributed by atoms with Crippen LogP contribution in [0.25, 0.3) is 0 Å². The highest BCUT2D eigenvalue weighted by molar-refractivity contribution is 6.17. The van der Waals surface area contributed by atoms with E-state index < -0.39 is 23.3 Å². The summed E-state index contributed by atoms with van der Waals surface area (Å²) in [4.78, 5) is 12.8. The first kappa shape index (κ1) is 9.98. The number of aromatic amines is 1. The van der Waals surface area contributed by atoms with Crippen molar-refractivity contribution in [2.45, 2.75) is 12.3 Å². The highest BCUT2D eigenvalue weighted by Gasteiger charge is 2.15. The molecule has 1 heterocycles. The molecule has 6 heteroatoms. The number of hydrogen-bond donors (Lipinski definition) is 2.